The van der Waals surface area contributed by atoms with Crippen LogP contribution >= 0.6 is 23.1 Å². The zero-order valence-corrected chi connectivity index (χ0v) is 17.3. The van der Waals surface area contributed by atoms with Crippen molar-refractivity contribution in [2.24, 2.45) is 0 Å². The molecular formula is C22H21N3OS2. The smallest absolute Gasteiger partial charge is 0.262 e. The van der Waals surface area contributed by atoms with E-state index in [0.29, 0.717) is 17.7 Å². The van der Waals surface area contributed by atoms with Crippen LogP contribution in [0, 0.1) is 0 Å². The molecule has 0 saturated heterocycles. The van der Waals surface area contributed by atoms with Crippen LogP contribution in [0.1, 0.15) is 29.6 Å². The van der Waals surface area contributed by atoms with Crippen LogP contribution in [0.25, 0.3) is 10.9 Å². The number of para-hydroxylation sites is 1. The van der Waals surface area contributed by atoms with E-state index in [0.717, 1.165) is 34.2 Å². The van der Waals surface area contributed by atoms with E-state index in [1.807, 2.05) is 30.3 Å². The number of thiazole rings is 1. The third-order valence-corrected chi connectivity index (χ3v) is 6.33. The van der Waals surface area contributed by atoms with Crippen LogP contribution < -0.4 is 5.56 Å². The average Bonchev–Trinajstić information content (AvgIpc) is 3.17. The van der Waals surface area contributed by atoms with E-state index in [-0.39, 0.29) is 5.56 Å². The number of hydrogen-bond donors (Lipinski definition) is 0. The number of fused-ring (bicyclic) bond motifs is 1. The molecule has 0 aliphatic heterocycles. The zero-order chi connectivity index (χ0) is 19.3. The molecule has 0 unspecified atom stereocenters. The SMILES string of the molecule is CCCn1c(SCc2csc(Cc3ccccc3)n2)nc2ccccc2c1=O. The Hall–Kier alpha value is -2.44. The van der Waals surface area contributed by atoms with Gasteiger partial charge < -0.3 is 0 Å². The van der Waals surface area contributed by atoms with Gasteiger partial charge >= 0.3 is 0 Å². The third kappa shape index (κ3) is 4.18. The van der Waals surface area contributed by atoms with Crippen molar-refractivity contribution < 1.29 is 0 Å². The van der Waals surface area contributed by atoms with Gasteiger partial charge in [0.2, 0.25) is 0 Å². The highest BCUT2D eigenvalue weighted by Gasteiger charge is 2.12. The minimum Gasteiger partial charge on any atom is -0.287 e. The normalized spacial score (nSPS) is 11.2. The number of thioether (sulfide) groups is 1. The highest BCUT2D eigenvalue weighted by molar-refractivity contribution is 7.98. The molecule has 0 aliphatic carbocycles. The van der Waals surface area contributed by atoms with Crippen molar-refractivity contribution in [1.29, 1.82) is 0 Å². The first kappa shape index (κ1) is 18.9. The summed E-state index contributed by atoms with van der Waals surface area (Å²) in [6.07, 6.45) is 1.75. The van der Waals surface area contributed by atoms with Crippen LogP contribution in [0.3, 0.4) is 0 Å². The van der Waals surface area contributed by atoms with Crippen LogP contribution in [0.15, 0.2) is 69.9 Å². The largest absolute Gasteiger partial charge is 0.287 e. The lowest BCUT2D eigenvalue weighted by Gasteiger charge is -2.11. The maximum absolute atomic E-state index is 12.9. The first-order valence-corrected chi connectivity index (χ1v) is 11.2. The van der Waals surface area contributed by atoms with Gasteiger partial charge in [0.05, 0.1) is 21.6 Å². The van der Waals surface area contributed by atoms with Crippen molar-refractivity contribution in [3.8, 4) is 0 Å². The van der Waals surface area contributed by atoms with Gasteiger partial charge in [0.15, 0.2) is 5.16 Å². The summed E-state index contributed by atoms with van der Waals surface area (Å²) in [5, 5.41) is 4.66. The summed E-state index contributed by atoms with van der Waals surface area (Å²) in [5.41, 5.74) is 3.10. The van der Waals surface area contributed by atoms with Crippen molar-refractivity contribution in [3.05, 3.63) is 86.6 Å². The Bertz CT molecular complexity index is 1140. The highest BCUT2D eigenvalue weighted by atomic mass is 32.2. The van der Waals surface area contributed by atoms with E-state index >= 15 is 0 Å². The number of aromatic nitrogens is 3. The summed E-state index contributed by atoms with van der Waals surface area (Å²) in [4.78, 5) is 22.4. The molecule has 6 heteroatoms. The third-order valence-electron chi connectivity index (χ3n) is 4.42. The molecule has 0 saturated carbocycles. The number of benzene rings is 2. The minimum absolute atomic E-state index is 0.0398. The van der Waals surface area contributed by atoms with Gasteiger partial charge in [-0.05, 0) is 24.1 Å². The number of rotatable bonds is 7. The van der Waals surface area contributed by atoms with E-state index in [4.69, 9.17) is 9.97 Å². The fourth-order valence-corrected chi connectivity index (χ4v) is 4.94. The number of nitrogens with zero attached hydrogens (tertiary/aromatic N) is 3. The molecule has 0 fully saturated rings. The summed E-state index contributed by atoms with van der Waals surface area (Å²) < 4.78 is 1.80. The summed E-state index contributed by atoms with van der Waals surface area (Å²) in [6, 6.07) is 17.9. The first-order valence-electron chi connectivity index (χ1n) is 9.34. The van der Waals surface area contributed by atoms with Gasteiger partial charge in [-0.1, -0.05) is 61.2 Å². The summed E-state index contributed by atoms with van der Waals surface area (Å²) in [7, 11) is 0. The second-order valence-electron chi connectivity index (χ2n) is 6.55. The van der Waals surface area contributed by atoms with Crippen molar-refractivity contribution in [3.63, 3.8) is 0 Å². The summed E-state index contributed by atoms with van der Waals surface area (Å²) >= 11 is 3.27. The monoisotopic (exact) mass is 407 g/mol. The van der Waals surface area contributed by atoms with Crippen LogP contribution in [0.2, 0.25) is 0 Å². The Morgan fingerprint density at radius 3 is 2.64 bits per heavy atom. The maximum atomic E-state index is 12.9. The molecule has 28 heavy (non-hydrogen) atoms. The lowest BCUT2D eigenvalue weighted by atomic mass is 10.2. The van der Waals surface area contributed by atoms with Crippen molar-refractivity contribution in [2.45, 2.75) is 37.2 Å². The van der Waals surface area contributed by atoms with E-state index in [9.17, 15) is 4.79 Å². The van der Waals surface area contributed by atoms with Crippen LogP contribution in [0.5, 0.6) is 0 Å². The predicted molar refractivity (Wildman–Crippen MR) is 117 cm³/mol. The minimum atomic E-state index is 0.0398. The van der Waals surface area contributed by atoms with Gasteiger partial charge in [-0.3, -0.25) is 9.36 Å². The van der Waals surface area contributed by atoms with Gasteiger partial charge in [-0.2, -0.15) is 0 Å². The molecule has 0 atom stereocenters. The average molecular weight is 408 g/mol. The molecule has 0 N–H and O–H groups in total. The second kappa shape index (κ2) is 8.71. The van der Waals surface area contributed by atoms with Crippen LogP contribution in [-0.4, -0.2) is 14.5 Å². The molecule has 4 nitrogen and oxygen atoms in total. The summed E-state index contributed by atoms with van der Waals surface area (Å²) in [6.45, 7) is 2.75. The van der Waals surface area contributed by atoms with E-state index < -0.39 is 0 Å². The van der Waals surface area contributed by atoms with E-state index in [2.05, 4.69) is 36.6 Å². The Kier molecular flexibility index (Phi) is 5.88. The molecule has 2 aromatic heterocycles. The van der Waals surface area contributed by atoms with Crippen LogP contribution in [0.4, 0.5) is 0 Å². The summed E-state index contributed by atoms with van der Waals surface area (Å²) in [5.74, 6) is 0.708. The molecular weight excluding hydrogens is 386 g/mol. The molecule has 4 aromatic rings. The maximum Gasteiger partial charge on any atom is 0.262 e. The molecule has 0 spiro atoms. The fourth-order valence-electron chi connectivity index (χ4n) is 3.08. The molecule has 0 bridgehead atoms. The first-order chi connectivity index (χ1) is 13.7. The number of hydrogen-bond acceptors (Lipinski definition) is 5. The molecule has 4 rings (SSSR count). The van der Waals surface area contributed by atoms with Gasteiger partial charge in [-0.15, -0.1) is 11.3 Å². The quantitative estimate of drug-likeness (QED) is 0.314. The van der Waals surface area contributed by atoms with Gasteiger partial charge in [0, 0.05) is 24.1 Å². The second-order valence-corrected chi connectivity index (χ2v) is 8.44. The highest BCUT2D eigenvalue weighted by Crippen LogP contribution is 2.24. The van der Waals surface area contributed by atoms with Gasteiger partial charge in [-0.25, -0.2) is 9.97 Å². The van der Waals surface area contributed by atoms with Gasteiger partial charge in [0.25, 0.3) is 5.56 Å². The molecule has 2 aromatic carbocycles. The Balaban J connectivity index is 1.54. The Labute approximate surface area is 172 Å². The lowest BCUT2D eigenvalue weighted by Crippen LogP contribution is -2.23. The Morgan fingerprint density at radius 1 is 1.04 bits per heavy atom. The van der Waals surface area contributed by atoms with E-state index in [1.54, 1.807) is 27.7 Å². The van der Waals surface area contributed by atoms with Crippen molar-refractivity contribution in [2.75, 3.05) is 0 Å². The molecule has 0 aliphatic rings. The van der Waals surface area contributed by atoms with E-state index in [1.165, 1.54) is 5.56 Å². The van der Waals surface area contributed by atoms with Gasteiger partial charge in [0.1, 0.15) is 0 Å². The zero-order valence-electron chi connectivity index (χ0n) is 15.7. The fraction of sp³-hybridized carbons (Fsp3) is 0.227. The standard InChI is InChI=1S/C22H21N3OS2/c1-2-12-25-21(26)18-10-6-7-11-19(18)24-22(25)28-15-17-14-27-20(23-17)13-16-8-4-3-5-9-16/h3-11,14H,2,12-13,15H2,1H3. The van der Waals surface area contributed by atoms with Crippen molar-refractivity contribution >= 4 is 34.0 Å². The van der Waals surface area contributed by atoms with Crippen LogP contribution in [-0.2, 0) is 18.7 Å². The van der Waals surface area contributed by atoms with Crippen molar-refractivity contribution in [1.82, 2.24) is 14.5 Å². The molecule has 2 heterocycles. The lowest BCUT2D eigenvalue weighted by molar-refractivity contribution is 0.584. The topological polar surface area (TPSA) is 47.8 Å². The predicted octanol–water partition coefficient (Wildman–Crippen LogP) is 5.15. The molecule has 142 valence electrons. The molecule has 0 radical (unpaired) electrons. The Morgan fingerprint density at radius 2 is 1.82 bits per heavy atom. The molecule has 0 amide bonds.